The van der Waals surface area contributed by atoms with E-state index in [4.69, 9.17) is 20.0 Å². The molecule has 2 aromatic carbocycles. The summed E-state index contributed by atoms with van der Waals surface area (Å²) in [7, 11) is 0. The molecule has 2 aromatic rings. The molecule has 4 N–H and O–H groups in total. The van der Waals surface area contributed by atoms with Gasteiger partial charge in [0.15, 0.2) is 0 Å². The lowest BCUT2D eigenvalue weighted by molar-refractivity contribution is -0.192. The molecule has 9 nitrogen and oxygen atoms in total. The van der Waals surface area contributed by atoms with Gasteiger partial charge in [-0.2, -0.15) is 13.2 Å². The lowest BCUT2D eigenvalue weighted by Crippen LogP contribution is -2.39. The van der Waals surface area contributed by atoms with Crippen LogP contribution in [-0.4, -0.2) is 59.8 Å². The van der Waals surface area contributed by atoms with Gasteiger partial charge in [0.25, 0.3) is 5.91 Å². The first-order chi connectivity index (χ1) is 19.5. The Morgan fingerprint density at radius 3 is 2.02 bits per heavy atom. The van der Waals surface area contributed by atoms with Crippen molar-refractivity contribution in [3.8, 4) is 0 Å². The van der Waals surface area contributed by atoms with E-state index in [1.165, 1.54) is 12.5 Å². The average Bonchev–Trinajstić information content (AvgIpc) is 2.89. The van der Waals surface area contributed by atoms with Gasteiger partial charge in [0.1, 0.15) is 5.78 Å². The zero-order valence-corrected chi connectivity index (χ0v) is 25.3. The Hall–Kier alpha value is -3.58. The number of amides is 2. The Morgan fingerprint density at radius 1 is 1.05 bits per heavy atom. The van der Waals surface area contributed by atoms with Gasteiger partial charge in [0.2, 0.25) is 5.91 Å². The van der Waals surface area contributed by atoms with Crippen LogP contribution in [0.4, 0.5) is 18.9 Å². The fourth-order valence-corrected chi connectivity index (χ4v) is 3.99. The number of carboxylic acids is 1. The Kier molecular flexibility index (Phi) is 15.1. The summed E-state index contributed by atoms with van der Waals surface area (Å²) in [5.74, 6) is -2.78. The van der Waals surface area contributed by atoms with Crippen LogP contribution in [0.15, 0.2) is 46.9 Å². The summed E-state index contributed by atoms with van der Waals surface area (Å²) >= 11 is 3.50. The van der Waals surface area contributed by atoms with Gasteiger partial charge < -0.3 is 25.9 Å². The second-order valence-corrected chi connectivity index (χ2v) is 10.5. The molecule has 0 aromatic heterocycles. The van der Waals surface area contributed by atoms with Crippen LogP contribution in [-0.2, 0) is 19.1 Å². The first-order valence-corrected chi connectivity index (χ1v) is 13.7. The fraction of sp³-hybridized carbons (Fsp3) is 0.414. The summed E-state index contributed by atoms with van der Waals surface area (Å²) in [5.41, 5.74) is 3.85. The number of aliphatic carboxylic acids is 1. The Balaban J connectivity index is 0.000000348. The molecule has 42 heavy (non-hydrogen) atoms. The minimum atomic E-state index is -5.08. The molecule has 0 atom stereocenters. The summed E-state index contributed by atoms with van der Waals surface area (Å²) < 4.78 is 37.9. The van der Waals surface area contributed by atoms with Gasteiger partial charge in [-0.15, -0.1) is 0 Å². The molecular weight excluding hydrogens is 623 g/mol. The number of carbonyl (C=O) groups is 4. The molecule has 0 spiro atoms. The number of benzene rings is 2. The molecule has 3 rings (SSSR count). The molecule has 1 saturated heterocycles. The Bertz CT molecular complexity index is 1240. The lowest BCUT2D eigenvalue weighted by Gasteiger charge is -2.23. The molecule has 0 bridgehead atoms. The van der Waals surface area contributed by atoms with E-state index in [2.05, 4.69) is 40.4 Å². The smallest absolute Gasteiger partial charge is 0.475 e. The topological polar surface area (TPSA) is 146 Å². The fourth-order valence-electron chi connectivity index (χ4n) is 3.41. The van der Waals surface area contributed by atoms with Gasteiger partial charge >= 0.3 is 12.1 Å². The number of hydrogen-bond donors (Lipinski definition) is 4. The number of rotatable bonds is 7. The molecule has 2 amide bonds. The number of Topliss-reactive ketones (excluding diaryl/α,β-unsaturated/α-hetero) is 1. The predicted molar refractivity (Wildman–Crippen MR) is 156 cm³/mol. The number of ether oxygens (including phenoxy) is 1. The molecule has 0 unspecified atom stereocenters. The maximum Gasteiger partial charge on any atom is 0.490 e. The summed E-state index contributed by atoms with van der Waals surface area (Å²) in [6, 6.07) is 13.1. The van der Waals surface area contributed by atoms with Crippen molar-refractivity contribution >= 4 is 50.9 Å². The first-order valence-electron chi connectivity index (χ1n) is 12.9. The molecule has 1 aliphatic rings. The van der Waals surface area contributed by atoms with Crippen LogP contribution in [0.5, 0.6) is 0 Å². The van der Waals surface area contributed by atoms with Gasteiger partial charge in [-0.3, -0.25) is 14.4 Å². The number of anilines is 1. The second kappa shape index (κ2) is 17.4. The lowest BCUT2D eigenvalue weighted by atomic mass is 10.0. The third kappa shape index (κ3) is 13.9. The molecular formula is C29H35BrF3N3O6. The zero-order valence-electron chi connectivity index (χ0n) is 23.7. The van der Waals surface area contributed by atoms with E-state index in [-0.39, 0.29) is 30.1 Å². The molecule has 1 aliphatic heterocycles. The normalized spacial score (nSPS) is 13.1. The molecule has 1 heterocycles. The summed E-state index contributed by atoms with van der Waals surface area (Å²) in [6.45, 7) is 8.83. The number of alkyl halides is 3. The van der Waals surface area contributed by atoms with Crippen LogP contribution in [0, 0.1) is 5.41 Å². The van der Waals surface area contributed by atoms with Gasteiger partial charge in [0.05, 0.1) is 12.0 Å². The van der Waals surface area contributed by atoms with E-state index in [9.17, 15) is 27.6 Å². The van der Waals surface area contributed by atoms with Gasteiger partial charge in [-0.1, -0.05) is 32.0 Å². The standard InChI is InChI=1S/C15H20BrNO2.C12H14N2O2.C2HF3O2/c1-10(2)11-3-4-13(14(16)9-11)15(18)17-12-5-7-19-8-6-12;1-8(15)7-12(16)14-11-5-3-10(4-6-11)9(2)13;3-2(4,5)1(6)7/h3-4,9-10,12H,5-8H2,1-2H3,(H,17,18);3-6,13H,7H2,1-2H3,(H,14,16);(H,6,7). The van der Waals surface area contributed by atoms with Gasteiger partial charge in [-0.25, -0.2) is 4.79 Å². The largest absolute Gasteiger partial charge is 0.490 e. The van der Waals surface area contributed by atoms with Crippen molar-refractivity contribution < 1.29 is 42.2 Å². The SMILES string of the molecule is CC(=N)c1ccc(NC(=O)CC(C)=O)cc1.CC(C)c1ccc(C(=O)NC2CCOCC2)c(Br)c1.O=C(O)C(F)(F)F. The monoisotopic (exact) mass is 657 g/mol. The van der Waals surface area contributed by atoms with E-state index in [1.54, 1.807) is 31.2 Å². The van der Waals surface area contributed by atoms with Crippen LogP contribution in [0.1, 0.15) is 74.4 Å². The van der Waals surface area contributed by atoms with Crippen LogP contribution < -0.4 is 10.6 Å². The van der Waals surface area contributed by atoms with Gasteiger partial charge in [0, 0.05) is 35.1 Å². The molecule has 1 fully saturated rings. The van der Waals surface area contributed by atoms with E-state index in [0.29, 0.717) is 22.9 Å². The number of hydrogen-bond acceptors (Lipinski definition) is 6. The van der Waals surface area contributed by atoms with E-state index >= 15 is 0 Å². The number of nitrogens with one attached hydrogen (secondary N) is 3. The van der Waals surface area contributed by atoms with Crippen LogP contribution in [0.2, 0.25) is 0 Å². The zero-order chi connectivity index (χ0) is 32.0. The number of ketones is 1. The average molecular weight is 659 g/mol. The Morgan fingerprint density at radius 2 is 1.60 bits per heavy atom. The van der Waals surface area contributed by atoms with Crippen molar-refractivity contribution in [3.05, 3.63) is 63.6 Å². The maximum absolute atomic E-state index is 12.2. The Labute approximate surface area is 250 Å². The number of carbonyl (C=O) groups excluding carboxylic acids is 3. The van der Waals surface area contributed by atoms with Crippen molar-refractivity contribution in [1.29, 1.82) is 5.41 Å². The highest BCUT2D eigenvalue weighted by Gasteiger charge is 2.38. The highest BCUT2D eigenvalue weighted by Crippen LogP contribution is 2.23. The predicted octanol–water partition coefficient (Wildman–Crippen LogP) is 6.11. The van der Waals surface area contributed by atoms with Gasteiger partial charge in [-0.05, 0) is 83.9 Å². The van der Waals surface area contributed by atoms with Crippen LogP contribution in [0.25, 0.3) is 0 Å². The third-order valence-corrected chi connectivity index (χ3v) is 6.37. The quantitative estimate of drug-likeness (QED) is 0.209. The summed E-state index contributed by atoms with van der Waals surface area (Å²) in [5, 5.41) is 20.2. The highest BCUT2D eigenvalue weighted by molar-refractivity contribution is 9.10. The summed E-state index contributed by atoms with van der Waals surface area (Å²) in [6.07, 6.45) is -3.40. The van der Waals surface area contributed by atoms with Crippen molar-refractivity contribution in [2.24, 2.45) is 0 Å². The number of carboxylic acid groups (broad SMARTS) is 1. The minimum Gasteiger partial charge on any atom is -0.475 e. The van der Waals surface area contributed by atoms with Crippen LogP contribution >= 0.6 is 15.9 Å². The third-order valence-electron chi connectivity index (χ3n) is 5.71. The molecule has 0 aliphatic carbocycles. The molecule has 230 valence electrons. The van der Waals surface area contributed by atoms with E-state index < -0.39 is 12.1 Å². The van der Waals surface area contributed by atoms with Crippen molar-refractivity contribution in [2.75, 3.05) is 18.5 Å². The van der Waals surface area contributed by atoms with Crippen molar-refractivity contribution in [3.63, 3.8) is 0 Å². The summed E-state index contributed by atoms with van der Waals surface area (Å²) in [4.78, 5) is 43.1. The first kappa shape index (κ1) is 36.4. The highest BCUT2D eigenvalue weighted by atomic mass is 79.9. The van der Waals surface area contributed by atoms with Crippen molar-refractivity contribution in [1.82, 2.24) is 5.32 Å². The maximum atomic E-state index is 12.2. The van der Waals surface area contributed by atoms with E-state index in [0.717, 1.165) is 36.1 Å². The molecule has 0 saturated carbocycles. The number of halogens is 4. The molecule has 13 heteroatoms. The van der Waals surface area contributed by atoms with Crippen molar-refractivity contribution in [2.45, 2.75) is 65.1 Å². The minimum absolute atomic E-state index is 0.00548. The molecule has 0 radical (unpaired) electrons. The van der Waals surface area contributed by atoms with Crippen LogP contribution in [0.3, 0.4) is 0 Å². The van der Waals surface area contributed by atoms with E-state index in [1.807, 2.05) is 18.2 Å². The second-order valence-electron chi connectivity index (χ2n) is 9.69.